The first-order valence-corrected chi connectivity index (χ1v) is 11.1. The molecule has 0 aliphatic carbocycles. The van der Waals surface area contributed by atoms with Gasteiger partial charge in [-0.25, -0.2) is 9.97 Å². The van der Waals surface area contributed by atoms with Gasteiger partial charge >= 0.3 is 0 Å². The molecule has 10 heteroatoms. The van der Waals surface area contributed by atoms with Crippen molar-refractivity contribution in [3.8, 4) is 11.4 Å². The minimum absolute atomic E-state index is 0.0434. The molecule has 33 heavy (non-hydrogen) atoms. The molecule has 0 fully saturated rings. The average molecular weight is 464 g/mol. The van der Waals surface area contributed by atoms with Gasteiger partial charge in [0, 0.05) is 28.4 Å². The van der Waals surface area contributed by atoms with Crippen molar-refractivity contribution in [1.82, 2.24) is 15.0 Å². The number of amides is 2. The number of nitrogens with one attached hydrogen (secondary N) is 3. The fourth-order valence-corrected chi connectivity index (χ4v) is 3.88. The maximum Gasteiger partial charge on any atom is 0.260 e. The fourth-order valence-electron chi connectivity index (χ4n) is 3.17. The zero-order chi connectivity index (χ0) is 23.4. The first-order valence-electron chi connectivity index (χ1n) is 10.2. The van der Waals surface area contributed by atoms with Gasteiger partial charge in [-0.15, -0.1) is 11.3 Å². The van der Waals surface area contributed by atoms with Crippen molar-refractivity contribution in [3.63, 3.8) is 0 Å². The van der Waals surface area contributed by atoms with E-state index in [1.165, 1.54) is 23.7 Å². The van der Waals surface area contributed by atoms with Crippen LogP contribution in [-0.2, 0) is 17.6 Å². The van der Waals surface area contributed by atoms with Crippen LogP contribution in [0.3, 0.4) is 0 Å². The van der Waals surface area contributed by atoms with Crippen LogP contribution >= 0.6 is 11.3 Å². The van der Waals surface area contributed by atoms with E-state index in [9.17, 15) is 14.4 Å². The fraction of sp³-hybridized carbons (Fsp3) is 0.174. The third kappa shape index (κ3) is 5.42. The lowest BCUT2D eigenvalue weighted by Gasteiger charge is -2.07. The molecule has 1 aromatic carbocycles. The SMILES string of the molecule is CCc1cc(=O)[nH]c(-c2cccc(NC(=O)Cc3csc(NC(=O)c4ccoc4C)n3)c2)n1. The van der Waals surface area contributed by atoms with Crippen LogP contribution in [0.2, 0.25) is 0 Å². The number of aromatic nitrogens is 3. The Morgan fingerprint density at radius 1 is 1.12 bits per heavy atom. The van der Waals surface area contributed by atoms with Gasteiger partial charge in [0.15, 0.2) is 5.13 Å². The number of carbonyl (C=O) groups is 2. The summed E-state index contributed by atoms with van der Waals surface area (Å²) in [5.74, 6) is 0.391. The van der Waals surface area contributed by atoms with Gasteiger partial charge in [0.1, 0.15) is 11.6 Å². The summed E-state index contributed by atoms with van der Waals surface area (Å²) in [6.07, 6.45) is 2.14. The van der Waals surface area contributed by atoms with Crippen LogP contribution < -0.4 is 16.2 Å². The highest BCUT2D eigenvalue weighted by Gasteiger charge is 2.15. The molecule has 4 rings (SSSR count). The molecule has 0 saturated heterocycles. The molecular weight excluding hydrogens is 442 g/mol. The second kappa shape index (κ2) is 9.61. The van der Waals surface area contributed by atoms with E-state index in [0.717, 1.165) is 0 Å². The molecule has 0 aliphatic heterocycles. The quantitative estimate of drug-likeness (QED) is 0.382. The highest BCUT2D eigenvalue weighted by molar-refractivity contribution is 7.14. The number of benzene rings is 1. The van der Waals surface area contributed by atoms with Gasteiger partial charge in [0.05, 0.1) is 23.9 Å². The number of carbonyl (C=O) groups excluding carboxylic acids is 2. The number of hydrogen-bond donors (Lipinski definition) is 3. The van der Waals surface area contributed by atoms with Crippen LogP contribution in [0, 0.1) is 6.92 Å². The lowest BCUT2D eigenvalue weighted by atomic mass is 10.1. The summed E-state index contributed by atoms with van der Waals surface area (Å²) in [6, 6.07) is 10.1. The molecular formula is C23H21N5O4S. The standard InChI is InChI=1S/C23H21N5O4S/c1-3-15-10-20(30)27-21(25-15)14-5-4-6-16(9-14)24-19(29)11-17-12-33-23(26-17)28-22(31)18-7-8-32-13(18)2/h4-10,12H,3,11H2,1-2H3,(H,24,29)(H,25,27,30)(H,26,28,31). The number of aromatic amines is 1. The van der Waals surface area contributed by atoms with Crippen LogP contribution in [0.25, 0.3) is 11.4 Å². The van der Waals surface area contributed by atoms with Gasteiger partial charge in [-0.3, -0.25) is 19.7 Å². The predicted molar refractivity (Wildman–Crippen MR) is 126 cm³/mol. The topological polar surface area (TPSA) is 130 Å². The van der Waals surface area contributed by atoms with Crippen molar-refractivity contribution in [2.75, 3.05) is 10.6 Å². The molecule has 0 saturated carbocycles. The predicted octanol–water partition coefficient (Wildman–Crippen LogP) is 3.79. The number of hydrogen-bond acceptors (Lipinski definition) is 7. The number of thiazole rings is 1. The molecule has 0 unspecified atom stereocenters. The van der Waals surface area contributed by atoms with Crippen molar-refractivity contribution in [1.29, 1.82) is 0 Å². The Kier molecular flexibility index (Phi) is 6.45. The zero-order valence-corrected chi connectivity index (χ0v) is 18.8. The van der Waals surface area contributed by atoms with E-state index in [-0.39, 0.29) is 23.8 Å². The molecule has 4 aromatic rings. The molecule has 2 amide bonds. The molecule has 9 nitrogen and oxygen atoms in total. The minimum atomic E-state index is -0.317. The van der Waals surface area contributed by atoms with Crippen LogP contribution in [0.15, 0.2) is 57.3 Å². The van der Waals surface area contributed by atoms with E-state index in [4.69, 9.17) is 4.42 Å². The van der Waals surface area contributed by atoms with Crippen molar-refractivity contribution in [3.05, 3.63) is 81.1 Å². The Balaban J connectivity index is 1.40. The number of nitrogens with zero attached hydrogens (tertiary/aromatic N) is 2. The maximum atomic E-state index is 12.5. The van der Waals surface area contributed by atoms with Crippen LogP contribution in [0.1, 0.15) is 34.4 Å². The lowest BCUT2D eigenvalue weighted by molar-refractivity contribution is -0.115. The molecule has 0 radical (unpaired) electrons. The van der Waals surface area contributed by atoms with E-state index in [2.05, 4.69) is 25.6 Å². The molecule has 3 N–H and O–H groups in total. The summed E-state index contributed by atoms with van der Waals surface area (Å²) in [6.45, 7) is 3.63. The molecule has 3 aromatic heterocycles. The Morgan fingerprint density at radius 3 is 2.73 bits per heavy atom. The number of rotatable bonds is 7. The first-order chi connectivity index (χ1) is 15.9. The number of furan rings is 1. The highest BCUT2D eigenvalue weighted by Crippen LogP contribution is 2.21. The second-order valence-electron chi connectivity index (χ2n) is 7.23. The number of H-pyrrole nitrogens is 1. The molecule has 0 spiro atoms. The summed E-state index contributed by atoms with van der Waals surface area (Å²) in [7, 11) is 0. The summed E-state index contributed by atoms with van der Waals surface area (Å²) < 4.78 is 5.14. The van der Waals surface area contributed by atoms with Gasteiger partial charge in [0.2, 0.25) is 5.91 Å². The van der Waals surface area contributed by atoms with Gasteiger partial charge in [-0.2, -0.15) is 0 Å². The number of aryl methyl sites for hydroxylation is 2. The van der Waals surface area contributed by atoms with Gasteiger partial charge < -0.3 is 14.7 Å². The van der Waals surface area contributed by atoms with Crippen molar-refractivity contribution in [2.45, 2.75) is 26.7 Å². The van der Waals surface area contributed by atoms with Crippen molar-refractivity contribution in [2.24, 2.45) is 0 Å². The summed E-state index contributed by atoms with van der Waals surface area (Å²) in [5.41, 5.74) is 2.70. The lowest BCUT2D eigenvalue weighted by Crippen LogP contribution is -2.15. The smallest absolute Gasteiger partial charge is 0.260 e. The molecule has 168 valence electrons. The van der Waals surface area contributed by atoms with E-state index in [0.29, 0.717) is 51.3 Å². The minimum Gasteiger partial charge on any atom is -0.469 e. The largest absolute Gasteiger partial charge is 0.469 e. The van der Waals surface area contributed by atoms with Crippen LogP contribution in [-0.4, -0.2) is 26.8 Å². The maximum absolute atomic E-state index is 12.5. The molecule has 0 bridgehead atoms. The van der Waals surface area contributed by atoms with Crippen LogP contribution in [0.4, 0.5) is 10.8 Å². The Labute approximate surface area is 192 Å². The monoisotopic (exact) mass is 463 g/mol. The summed E-state index contributed by atoms with van der Waals surface area (Å²) in [5, 5.41) is 7.66. The van der Waals surface area contributed by atoms with Gasteiger partial charge in [-0.05, 0) is 31.5 Å². The third-order valence-electron chi connectivity index (χ3n) is 4.79. The van der Waals surface area contributed by atoms with Crippen molar-refractivity contribution >= 4 is 34.0 Å². The van der Waals surface area contributed by atoms with E-state index >= 15 is 0 Å². The van der Waals surface area contributed by atoms with E-state index < -0.39 is 0 Å². The molecule has 0 aliphatic rings. The Bertz CT molecular complexity index is 1370. The van der Waals surface area contributed by atoms with E-state index in [1.807, 2.05) is 13.0 Å². The summed E-state index contributed by atoms with van der Waals surface area (Å²) >= 11 is 1.24. The average Bonchev–Trinajstić information content (AvgIpc) is 3.41. The highest BCUT2D eigenvalue weighted by atomic mass is 32.1. The van der Waals surface area contributed by atoms with E-state index in [1.54, 1.807) is 36.6 Å². The Morgan fingerprint density at radius 2 is 1.97 bits per heavy atom. The third-order valence-corrected chi connectivity index (χ3v) is 5.60. The summed E-state index contributed by atoms with van der Waals surface area (Å²) in [4.78, 5) is 48.1. The van der Waals surface area contributed by atoms with Crippen LogP contribution in [0.5, 0.6) is 0 Å². The van der Waals surface area contributed by atoms with Gasteiger partial charge in [-0.1, -0.05) is 19.1 Å². The first kappa shape index (κ1) is 22.2. The molecule has 3 heterocycles. The normalized spacial score (nSPS) is 10.7. The number of anilines is 2. The zero-order valence-electron chi connectivity index (χ0n) is 18.0. The Hall–Kier alpha value is -4.05. The second-order valence-corrected chi connectivity index (χ2v) is 8.09. The van der Waals surface area contributed by atoms with Gasteiger partial charge in [0.25, 0.3) is 11.5 Å². The molecule has 0 atom stereocenters. The van der Waals surface area contributed by atoms with Crippen molar-refractivity contribution < 1.29 is 14.0 Å².